The van der Waals surface area contributed by atoms with Crippen LogP contribution in [0.5, 0.6) is 0 Å². The molecule has 1 aliphatic carbocycles. The van der Waals surface area contributed by atoms with Gasteiger partial charge in [0.05, 0.1) is 5.71 Å². The Morgan fingerprint density at radius 2 is 1.72 bits per heavy atom. The summed E-state index contributed by atoms with van der Waals surface area (Å²) in [6.45, 7) is 15.3. The summed E-state index contributed by atoms with van der Waals surface area (Å²) in [6, 6.07) is 0. The molecule has 1 unspecified atom stereocenters. The van der Waals surface area contributed by atoms with Gasteiger partial charge in [-0.05, 0) is 25.7 Å². The molecule has 0 aromatic carbocycles. The molecular weight excluding hydrogens is 278 g/mol. The maximum Gasteiger partial charge on any atom is 0 e. The molecule has 1 rings (SSSR count). The summed E-state index contributed by atoms with van der Waals surface area (Å²) in [5.74, 6) is 0.524. The van der Waals surface area contributed by atoms with Crippen LogP contribution < -0.4 is 0 Å². The van der Waals surface area contributed by atoms with Gasteiger partial charge in [-0.15, -0.1) is 0 Å². The molecule has 0 radical (unpaired) electrons. The molecule has 18 heavy (non-hydrogen) atoms. The third kappa shape index (κ3) is 17.1. The topological polar surface area (TPSA) is 92.3 Å². The molecule has 1 N–H and O–H groups in total. The van der Waals surface area contributed by atoms with E-state index in [1.807, 2.05) is 19.1 Å². The zero-order valence-corrected chi connectivity index (χ0v) is 10.9. The molecule has 0 saturated heterocycles. The maximum absolute atomic E-state index is 8.41. The molecule has 5 nitrogen and oxygen atoms in total. The summed E-state index contributed by atoms with van der Waals surface area (Å²) in [6.07, 6.45) is 10.3. The van der Waals surface area contributed by atoms with Crippen molar-refractivity contribution >= 4 is 5.71 Å². The monoisotopic (exact) mass is 291 g/mol. The van der Waals surface area contributed by atoms with Gasteiger partial charge in [-0.1, -0.05) is 29.5 Å². The van der Waals surface area contributed by atoms with E-state index in [1.165, 1.54) is 0 Å². The Labute approximate surface area is 117 Å². The van der Waals surface area contributed by atoms with Crippen molar-refractivity contribution in [2.45, 2.75) is 19.8 Å². The fourth-order valence-electron chi connectivity index (χ4n) is 1.20. The number of rotatable bonds is 2. The average molecular weight is 291 g/mol. The van der Waals surface area contributed by atoms with E-state index in [1.54, 1.807) is 0 Å². The maximum atomic E-state index is 8.41. The van der Waals surface area contributed by atoms with Crippen LogP contribution in [0.25, 0.3) is 0 Å². The first-order chi connectivity index (χ1) is 8.33. The predicted molar refractivity (Wildman–Crippen MR) is 57.7 cm³/mol. The Hall–Kier alpha value is -1.31. The molecule has 6 heteroatoms. The van der Waals surface area contributed by atoms with Gasteiger partial charge in [0.2, 0.25) is 0 Å². The Morgan fingerprint density at radius 3 is 2.06 bits per heavy atom. The smallest absolute Gasteiger partial charge is 0 e. The van der Waals surface area contributed by atoms with Crippen molar-refractivity contribution in [3.63, 3.8) is 0 Å². The van der Waals surface area contributed by atoms with Crippen LogP contribution in [0.1, 0.15) is 19.8 Å². The van der Waals surface area contributed by atoms with Gasteiger partial charge in [-0.3, -0.25) is 0 Å². The molecule has 1 aliphatic rings. The van der Waals surface area contributed by atoms with E-state index in [-0.39, 0.29) is 17.1 Å². The standard InChI is InChI=1S/C9H13NO.3CO.Fe/c1-8(10-11)7-9-5-3-2-4-6-9;3*1-2;/h2-5,9,11H,6-7H2,1H3;;;;/b10-8+;;;;. The van der Waals surface area contributed by atoms with Gasteiger partial charge in [0.15, 0.2) is 0 Å². The molecule has 0 aromatic rings. The van der Waals surface area contributed by atoms with E-state index in [0.29, 0.717) is 5.92 Å². The first kappa shape index (κ1) is 25.5. The molecular formula is C12H13FeNO4. The molecule has 1 atom stereocenters. The molecule has 0 aliphatic heterocycles. The largest absolute Gasteiger partial charge is 0 e. The van der Waals surface area contributed by atoms with E-state index < -0.39 is 0 Å². The van der Waals surface area contributed by atoms with Crippen LogP contribution in [0, 0.1) is 25.9 Å². The number of oxime groups is 1. The van der Waals surface area contributed by atoms with Gasteiger partial charge in [0.1, 0.15) is 0 Å². The summed E-state index contributed by atoms with van der Waals surface area (Å²) in [7, 11) is 0. The van der Waals surface area contributed by atoms with Crippen molar-refractivity contribution in [3.8, 4) is 0 Å². The third-order valence-electron chi connectivity index (χ3n) is 1.80. The first-order valence-electron chi connectivity index (χ1n) is 4.45. The second-order valence-electron chi connectivity index (χ2n) is 2.85. The SMILES string of the molecule is C/C(CC1C=CC=CC1)=N\O.[C-]#[O+].[C-]#[O+].[C-]#[O+].[Fe]. The van der Waals surface area contributed by atoms with Gasteiger partial charge in [-0.2, -0.15) is 0 Å². The van der Waals surface area contributed by atoms with Crippen LogP contribution in [0.3, 0.4) is 0 Å². The van der Waals surface area contributed by atoms with Gasteiger partial charge >= 0.3 is 33.9 Å². The molecule has 0 heterocycles. The fourth-order valence-corrected chi connectivity index (χ4v) is 1.20. The molecule has 0 fully saturated rings. The number of hydrogen-bond donors (Lipinski definition) is 1. The molecule has 0 saturated carbocycles. The van der Waals surface area contributed by atoms with E-state index in [0.717, 1.165) is 18.6 Å². The van der Waals surface area contributed by atoms with Crippen LogP contribution in [-0.2, 0) is 31.0 Å². The quantitative estimate of drug-likeness (QED) is 0.207. The normalized spacial score (nSPS) is 15.1. The van der Waals surface area contributed by atoms with Crippen molar-refractivity contribution in [1.82, 2.24) is 0 Å². The molecule has 98 valence electrons. The molecule has 0 bridgehead atoms. The van der Waals surface area contributed by atoms with Crippen molar-refractivity contribution in [2.75, 3.05) is 0 Å². The van der Waals surface area contributed by atoms with Crippen LogP contribution in [0.15, 0.2) is 29.5 Å². The van der Waals surface area contributed by atoms with Crippen molar-refractivity contribution in [1.29, 1.82) is 0 Å². The van der Waals surface area contributed by atoms with Crippen molar-refractivity contribution in [2.24, 2.45) is 11.1 Å². The van der Waals surface area contributed by atoms with Crippen molar-refractivity contribution < 1.29 is 36.2 Å². The van der Waals surface area contributed by atoms with Crippen LogP contribution in [0.4, 0.5) is 0 Å². The summed E-state index contributed by atoms with van der Waals surface area (Å²) in [5, 5.41) is 11.6. The van der Waals surface area contributed by atoms with E-state index >= 15 is 0 Å². The number of nitrogens with zero attached hydrogens (tertiary/aromatic N) is 1. The van der Waals surface area contributed by atoms with Crippen LogP contribution >= 0.6 is 0 Å². The van der Waals surface area contributed by atoms with Crippen molar-refractivity contribution in [3.05, 3.63) is 44.3 Å². The second-order valence-corrected chi connectivity index (χ2v) is 2.85. The summed E-state index contributed by atoms with van der Waals surface area (Å²) in [5.41, 5.74) is 0.801. The van der Waals surface area contributed by atoms with E-state index in [2.05, 4.69) is 37.3 Å². The van der Waals surface area contributed by atoms with Crippen LogP contribution in [0.2, 0.25) is 0 Å². The van der Waals surface area contributed by atoms with E-state index in [9.17, 15) is 0 Å². The summed E-state index contributed by atoms with van der Waals surface area (Å²) in [4.78, 5) is 0. The van der Waals surface area contributed by atoms with Gasteiger partial charge in [0, 0.05) is 17.1 Å². The average Bonchev–Trinajstić information content (AvgIpc) is 2.46. The third-order valence-corrected chi connectivity index (χ3v) is 1.80. The van der Waals surface area contributed by atoms with E-state index in [4.69, 9.17) is 19.2 Å². The Kier molecular flexibility index (Phi) is 35.1. The molecule has 0 aromatic heterocycles. The minimum Gasteiger partial charge on any atom is 0 e. The number of allylic oxidation sites excluding steroid dienone is 4. The molecule has 0 spiro atoms. The zero-order chi connectivity index (χ0) is 14.1. The Bertz CT molecular complexity index is 302. The minimum atomic E-state index is 0. The Morgan fingerprint density at radius 1 is 1.22 bits per heavy atom. The fraction of sp³-hybridized carbons (Fsp3) is 0.333. The summed E-state index contributed by atoms with van der Waals surface area (Å²) >= 11 is 0. The first-order valence-corrected chi connectivity index (χ1v) is 4.45. The second kappa shape index (κ2) is 24.8. The zero-order valence-electron chi connectivity index (χ0n) is 9.77. The predicted octanol–water partition coefficient (Wildman–Crippen LogP) is 2.24. The van der Waals surface area contributed by atoms with Gasteiger partial charge in [0.25, 0.3) is 0 Å². The molecule has 0 amide bonds. The summed E-state index contributed by atoms with van der Waals surface area (Å²) < 4.78 is 22.5. The number of hydrogen-bond acceptors (Lipinski definition) is 2. The van der Waals surface area contributed by atoms with Gasteiger partial charge in [-0.25, -0.2) is 0 Å². The Balaban J connectivity index is -0.000000123. The van der Waals surface area contributed by atoms with Gasteiger partial charge < -0.3 is 5.21 Å². The van der Waals surface area contributed by atoms with Crippen LogP contribution in [-0.4, -0.2) is 10.9 Å². The minimum absolute atomic E-state index is 0.